The Labute approximate surface area is 164 Å². The molecule has 28 heavy (non-hydrogen) atoms. The number of aryl methyl sites for hydroxylation is 1. The summed E-state index contributed by atoms with van der Waals surface area (Å²) in [6.07, 6.45) is 1.66. The number of para-hydroxylation sites is 2. The fourth-order valence-corrected chi connectivity index (χ4v) is 4.16. The maximum atomic E-state index is 13.2. The number of Topliss-reactive ketones (excluding diaryl/α,β-unsaturated/α-hetero) is 1. The highest BCUT2D eigenvalue weighted by molar-refractivity contribution is 5.98. The number of rotatable bonds is 6. The molecule has 3 aromatic rings. The van der Waals surface area contributed by atoms with E-state index in [4.69, 9.17) is 4.74 Å². The number of aliphatic hydroxyl groups excluding tert-OH is 1. The van der Waals surface area contributed by atoms with Gasteiger partial charge in [-0.3, -0.25) is 4.79 Å². The minimum atomic E-state index is -0.743. The molecule has 0 aliphatic carbocycles. The van der Waals surface area contributed by atoms with Crippen LogP contribution in [0.5, 0.6) is 0 Å². The highest BCUT2D eigenvalue weighted by Gasteiger charge is 2.23. The monoisotopic (exact) mass is 381 g/mol. The number of ether oxygens (including phenoxy) is 1. The number of benzene rings is 1. The fraction of sp³-hybridized carbons (Fsp3) is 0.455. The van der Waals surface area contributed by atoms with Gasteiger partial charge in [-0.2, -0.15) is 0 Å². The van der Waals surface area contributed by atoms with Gasteiger partial charge in [-0.25, -0.2) is 4.98 Å². The van der Waals surface area contributed by atoms with Gasteiger partial charge in [0.25, 0.3) is 0 Å². The molecule has 0 bridgehead atoms. The summed E-state index contributed by atoms with van der Waals surface area (Å²) < 4.78 is 9.78. The third-order valence-corrected chi connectivity index (χ3v) is 5.64. The lowest BCUT2D eigenvalue weighted by atomic mass is 10.1. The molecule has 2 unspecified atom stereocenters. The summed E-state index contributed by atoms with van der Waals surface area (Å²) in [6.45, 7) is 7.48. The lowest BCUT2D eigenvalue weighted by Crippen LogP contribution is -2.18. The van der Waals surface area contributed by atoms with Crippen LogP contribution in [0.15, 0.2) is 30.3 Å². The number of carbonyl (C=O) groups excluding carboxylic acids is 1. The van der Waals surface area contributed by atoms with Gasteiger partial charge in [0.15, 0.2) is 5.78 Å². The zero-order chi connectivity index (χ0) is 19.8. The molecule has 0 amide bonds. The average Bonchev–Trinajstić information content (AvgIpc) is 3.37. The van der Waals surface area contributed by atoms with E-state index in [0.29, 0.717) is 5.82 Å². The number of aromatic nitrogens is 3. The molecule has 0 spiro atoms. The topological polar surface area (TPSA) is 69.3 Å². The van der Waals surface area contributed by atoms with Gasteiger partial charge in [-0.05, 0) is 51.8 Å². The second-order valence-corrected chi connectivity index (χ2v) is 7.67. The van der Waals surface area contributed by atoms with Crippen molar-refractivity contribution in [3.8, 4) is 0 Å². The number of ketones is 1. The van der Waals surface area contributed by atoms with Crippen LogP contribution in [-0.4, -0.2) is 37.7 Å². The molecular formula is C22H27N3O3. The molecule has 0 radical (unpaired) electrons. The van der Waals surface area contributed by atoms with E-state index in [1.807, 2.05) is 48.7 Å². The molecular weight excluding hydrogens is 354 g/mol. The summed E-state index contributed by atoms with van der Waals surface area (Å²) in [5.74, 6) is 0.541. The van der Waals surface area contributed by atoms with Crippen molar-refractivity contribution >= 4 is 16.8 Å². The van der Waals surface area contributed by atoms with E-state index in [2.05, 4.69) is 9.55 Å². The molecule has 1 aliphatic rings. The van der Waals surface area contributed by atoms with Gasteiger partial charge in [0.05, 0.1) is 23.7 Å². The van der Waals surface area contributed by atoms with E-state index in [1.165, 1.54) is 0 Å². The molecule has 4 rings (SSSR count). The summed E-state index contributed by atoms with van der Waals surface area (Å²) in [7, 11) is 0. The largest absolute Gasteiger partial charge is 0.385 e. The number of carbonyl (C=O) groups is 1. The Balaban J connectivity index is 1.64. The zero-order valence-electron chi connectivity index (χ0n) is 16.7. The first-order chi connectivity index (χ1) is 13.5. The number of hydrogen-bond acceptors (Lipinski definition) is 4. The third-order valence-electron chi connectivity index (χ3n) is 5.64. The number of imidazole rings is 1. The maximum Gasteiger partial charge on any atom is 0.184 e. The van der Waals surface area contributed by atoms with Crippen molar-refractivity contribution in [1.82, 2.24) is 14.1 Å². The van der Waals surface area contributed by atoms with Crippen LogP contribution in [0.2, 0.25) is 0 Å². The summed E-state index contributed by atoms with van der Waals surface area (Å²) in [5, 5.41) is 10.1. The molecule has 1 fully saturated rings. The molecule has 3 heterocycles. The highest BCUT2D eigenvalue weighted by atomic mass is 16.5. The Morgan fingerprint density at radius 3 is 2.82 bits per heavy atom. The van der Waals surface area contributed by atoms with Gasteiger partial charge in [0.2, 0.25) is 0 Å². The minimum Gasteiger partial charge on any atom is -0.385 e. The van der Waals surface area contributed by atoms with Crippen molar-refractivity contribution in [2.24, 2.45) is 0 Å². The van der Waals surface area contributed by atoms with Crippen molar-refractivity contribution in [2.45, 2.75) is 58.9 Å². The van der Waals surface area contributed by atoms with Gasteiger partial charge in [0.1, 0.15) is 11.9 Å². The van der Waals surface area contributed by atoms with Crippen molar-refractivity contribution in [3.63, 3.8) is 0 Å². The molecule has 1 saturated heterocycles. The van der Waals surface area contributed by atoms with Crippen LogP contribution in [0.25, 0.3) is 11.0 Å². The fourth-order valence-electron chi connectivity index (χ4n) is 4.16. The van der Waals surface area contributed by atoms with Crippen molar-refractivity contribution < 1.29 is 14.6 Å². The normalized spacial score (nSPS) is 18.1. The highest BCUT2D eigenvalue weighted by Crippen LogP contribution is 2.24. The lowest BCUT2D eigenvalue weighted by molar-refractivity contribution is 0.0946. The quantitative estimate of drug-likeness (QED) is 0.663. The SMILES string of the molecule is Cc1cc(C(=O)Cn2c(C(C)O)nc3ccccc32)c(C)n1CC1CCCO1. The molecule has 1 aliphatic heterocycles. The smallest absolute Gasteiger partial charge is 0.184 e. The number of aliphatic hydroxyl groups is 1. The van der Waals surface area contributed by atoms with Gasteiger partial charge < -0.3 is 19.0 Å². The second-order valence-electron chi connectivity index (χ2n) is 7.67. The van der Waals surface area contributed by atoms with Crippen molar-refractivity contribution in [3.05, 3.63) is 53.1 Å². The van der Waals surface area contributed by atoms with Gasteiger partial charge >= 0.3 is 0 Å². The second kappa shape index (κ2) is 7.53. The van der Waals surface area contributed by atoms with Crippen LogP contribution >= 0.6 is 0 Å². The molecule has 2 atom stereocenters. The molecule has 148 valence electrons. The third kappa shape index (κ3) is 3.38. The number of fused-ring (bicyclic) bond motifs is 1. The van der Waals surface area contributed by atoms with Crippen LogP contribution in [0, 0.1) is 13.8 Å². The van der Waals surface area contributed by atoms with Gasteiger partial charge in [-0.1, -0.05) is 12.1 Å². The van der Waals surface area contributed by atoms with Gasteiger partial charge in [0, 0.05) is 30.1 Å². The lowest BCUT2D eigenvalue weighted by Gasteiger charge is -2.15. The number of nitrogens with zero attached hydrogens (tertiary/aromatic N) is 3. The molecule has 1 N–H and O–H groups in total. The first-order valence-electron chi connectivity index (χ1n) is 9.90. The van der Waals surface area contributed by atoms with Crippen LogP contribution in [0.1, 0.15) is 53.4 Å². The predicted octanol–water partition coefficient (Wildman–Crippen LogP) is 3.57. The summed E-state index contributed by atoms with van der Waals surface area (Å²) >= 11 is 0. The van der Waals surface area contributed by atoms with E-state index < -0.39 is 6.10 Å². The minimum absolute atomic E-state index is 0.0248. The van der Waals surface area contributed by atoms with Gasteiger partial charge in [-0.15, -0.1) is 0 Å². The molecule has 0 saturated carbocycles. The molecule has 6 heteroatoms. The average molecular weight is 381 g/mol. The van der Waals surface area contributed by atoms with E-state index in [1.54, 1.807) is 6.92 Å². The summed E-state index contributed by atoms with van der Waals surface area (Å²) in [5.41, 5.74) is 4.42. The maximum absolute atomic E-state index is 13.2. The van der Waals surface area contributed by atoms with Crippen LogP contribution in [-0.2, 0) is 17.8 Å². The Bertz CT molecular complexity index is 1010. The van der Waals surface area contributed by atoms with E-state index in [-0.39, 0.29) is 18.4 Å². The zero-order valence-corrected chi connectivity index (χ0v) is 16.7. The van der Waals surface area contributed by atoms with E-state index in [0.717, 1.165) is 54.0 Å². The first-order valence-corrected chi connectivity index (χ1v) is 9.90. The Morgan fingerprint density at radius 1 is 1.32 bits per heavy atom. The standard InChI is InChI=1S/C22H27N3O3/c1-14-11-18(15(2)24(14)12-17-7-6-10-28-17)21(27)13-25-20-9-5-4-8-19(20)23-22(25)16(3)26/h4-5,8-9,11,16-17,26H,6-7,10,12-13H2,1-3H3. The van der Waals surface area contributed by atoms with Crippen LogP contribution in [0.4, 0.5) is 0 Å². The van der Waals surface area contributed by atoms with Crippen LogP contribution < -0.4 is 0 Å². The molecule has 6 nitrogen and oxygen atoms in total. The Kier molecular flexibility index (Phi) is 5.08. The van der Waals surface area contributed by atoms with Crippen molar-refractivity contribution in [1.29, 1.82) is 0 Å². The van der Waals surface area contributed by atoms with E-state index in [9.17, 15) is 9.90 Å². The summed E-state index contributed by atoms with van der Waals surface area (Å²) in [4.78, 5) is 17.7. The first kappa shape index (κ1) is 18.9. The Hall–Kier alpha value is -2.44. The van der Waals surface area contributed by atoms with E-state index >= 15 is 0 Å². The van der Waals surface area contributed by atoms with Crippen LogP contribution in [0.3, 0.4) is 0 Å². The number of hydrogen-bond donors (Lipinski definition) is 1. The summed E-state index contributed by atoms with van der Waals surface area (Å²) in [6, 6.07) is 9.63. The Morgan fingerprint density at radius 2 is 2.11 bits per heavy atom. The molecule has 2 aromatic heterocycles. The predicted molar refractivity (Wildman–Crippen MR) is 108 cm³/mol. The molecule has 1 aromatic carbocycles. The van der Waals surface area contributed by atoms with Crippen molar-refractivity contribution in [2.75, 3.05) is 6.61 Å².